The number of carbonyl (C=O) groups is 1. The van der Waals surface area contributed by atoms with Gasteiger partial charge in [-0.2, -0.15) is 0 Å². The lowest BCUT2D eigenvalue weighted by molar-refractivity contribution is -0.120. The molecule has 0 aliphatic rings. The zero-order chi connectivity index (χ0) is 12.0. The summed E-state index contributed by atoms with van der Waals surface area (Å²) in [6.07, 6.45) is 0.458. The molecule has 0 spiro atoms. The van der Waals surface area contributed by atoms with Crippen molar-refractivity contribution in [1.82, 2.24) is 10.6 Å². The predicted octanol–water partition coefficient (Wildman–Crippen LogP) is 1.18. The fourth-order valence-electron chi connectivity index (χ4n) is 1.44. The molecule has 1 aromatic carbocycles. The first-order valence-electron chi connectivity index (χ1n) is 5.36. The van der Waals surface area contributed by atoms with E-state index in [1.54, 1.807) is 19.2 Å². The largest absolute Gasteiger partial charge is 0.508 e. The molecule has 4 nitrogen and oxygen atoms in total. The molecule has 0 heterocycles. The molecule has 88 valence electrons. The summed E-state index contributed by atoms with van der Waals surface area (Å²) in [4.78, 5) is 11.0. The number of benzene rings is 1. The standard InChI is InChI=1S/C12H18N2O2/c1-9(14-7-6-12(16)13-2)10-4-3-5-11(15)8-10/h3-5,8-9,14-15H,6-7H2,1-2H3,(H,13,16). The molecule has 1 unspecified atom stereocenters. The summed E-state index contributed by atoms with van der Waals surface area (Å²) in [6, 6.07) is 7.23. The second-order valence-corrected chi connectivity index (χ2v) is 3.69. The molecule has 1 rings (SSSR count). The second-order valence-electron chi connectivity index (χ2n) is 3.69. The Morgan fingerprint density at radius 3 is 2.88 bits per heavy atom. The van der Waals surface area contributed by atoms with E-state index in [2.05, 4.69) is 10.6 Å². The van der Waals surface area contributed by atoms with Gasteiger partial charge in [0.25, 0.3) is 0 Å². The molecular formula is C12H18N2O2. The summed E-state index contributed by atoms with van der Waals surface area (Å²) >= 11 is 0. The van der Waals surface area contributed by atoms with Gasteiger partial charge in [0.15, 0.2) is 0 Å². The van der Waals surface area contributed by atoms with Gasteiger partial charge in [-0.05, 0) is 24.6 Å². The molecule has 4 heteroatoms. The first-order valence-corrected chi connectivity index (χ1v) is 5.36. The number of nitrogens with one attached hydrogen (secondary N) is 2. The van der Waals surface area contributed by atoms with Crippen LogP contribution in [-0.4, -0.2) is 24.6 Å². The minimum atomic E-state index is 0.0237. The van der Waals surface area contributed by atoms with Gasteiger partial charge in [0.1, 0.15) is 5.75 Å². The quantitative estimate of drug-likeness (QED) is 0.701. The summed E-state index contributed by atoms with van der Waals surface area (Å²) in [5, 5.41) is 15.1. The van der Waals surface area contributed by atoms with E-state index in [4.69, 9.17) is 0 Å². The summed E-state index contributed by atoms with van der Waals surface area (Å²) < 4.78 is 0. The van der Waals surface area contributed by atoms with E-state index in [1.165, 1.54) is 0 Å². The highest BCUT2D eigenvalue weighted by atomic mass is 16.3. The Hall–Kier alpha value is -1.55. The van der Waals surface area contributed by atoms with Gasteiger partial charge in [-0.15, -0.1) is 0 Å². The van der Waals surface area contributed by atoms with Gasteiger partial charge < -0.3 is 15.7 Å². The summed E-state index contributed by atoms with van der Waals surface area (Å²) in [6.45, 7) is 2.62. The van der Waals surface area contributed by atoms with Crippen LogP contribution >= 0.6 is 0 Å². The molecule has 3 N–H and O–H groups in total. The van der Waals surface area contributed by atoms with E-state index in [1.807, 2.05) is 19.1 Å². The Balaban J connectivity index is 2.40. The van der Waals surface area contributed by atoms with Crippen LogP contribution in [0.2, 0.25) is 0 Å². The number of amides is 1. The number of hydrogen-bond acceptors (Lipinski definition) is 3. The normalized spacial score (nSPS) is 12.1. The van der Waals surface area contributed by atoms with Gasteiger partial charge in [-0.1, -0.05) is 12.1 Å². The molecule has 1 amide bonds. The Kier molecular flexibility index (Phi) is 4.79. The maximum absolute atomic E-state index is 11.0. The molecule has 0 saturated carbocycles. The van der Waals surface area contributed by atoms with Crippen LogP contribution in [0.25, 0.3) is 0 Å². The van der Waals surface area contributed by atoms with Crippen molar-refractivity contribution in [2.24, 2.45) is 0 Å². The van der Waals surface area contributed by atoms with Gasteiger partial charge >= 0.3 is 0 Å². The topological polar surface area (TPSA) is 61.4 Å². The Labute approximate surface area is 95.7 Å². The number of rotatable bonds is 5. The zero-order valence-corrected chi connectivity index (χ0v) is 9.66. The van der Waals surface area contributed by atoms with E-state index < -0.39 is 0 Å². The SMILES string of the molecule is CNC(=O)CCNC(C)c1cccc(O)c1. The Morgan fingerprint density at radius 2 is 2.25 bits per heavy atom. The molecule has 0 aliphatic heterocycles. The van der Waals surface area contributed by atoms with Crippen LogP contribution in [0, 0.1) is 0 Å². The molecule has 1 atom stereocenters. The highest BCUT2D eigenvalue weighted by Crippen LogP contribution is 2.17. The molecule has 0 aromatic heterocycles. The highest BCUT2D eigenvalue weighted by molar-refractivity contribution is 5.75. The zero-order valence-electron chi connectivity index (χ0n) is 9.66. The number of carbonyl (C=O) groups excluding carboxylic acids is 1. The monoisotopic (exact) mass is 222 g/mol. The molecule has 0 saturated heterocycles. The van der Waals surface area contributed by atoms with Crippen molar-refractivity contribution in [1.29, 1.82) is 0 Å². The number of hydrogen-bond donors (Lipinski definition) is 3. The van der Waals surface area contributed by atoms with Gasteiger partial charge in [0.05, 0.1) is 0 Å². The highest BCUT2D eigenvalue weighted by Gasteiger charge is 2.05. The van der Waals surface area contributed by atoms with Crippen LogP contribution in [-0.2, 0) is 4.79 Å². The maximum Gasteiger partial charge on any atom is 0.221 e. The first kappa shape index (κ1) is 12.5. The van der Waals surface area contributed by atoms with Crippen LogP contribution in [0.3, 0.4) is 0 Å². The van der Waals surface area contributed by atoms with E-state index in [-0.39, 0.29) is 17.7 Å². The Morgan fingerprint density at radius 1 is 1.50 bits per heavy atom. The fourth-order valence-corrected chi connectivity index (χ4v) is 1.44. The third kappa shape index (κ3) is 3.90. The minimum absolute atomic E-state index is 0.0237. The van der Waals surface area contributed by atoms with Crippen LogP contribution < -0.4 is 10.6 Å². The molecule has 0 fully saturated rings. The van der Waals surface area contributed by atoms with Crippen LogP contribution in [0.4, 0.5) is 0 Å². The van der Waals surface area contributed by atoms with E-state index in [0.29, 0.717) is 13.0 Å². The van der Waals surface area contributed by atoms with Gasteiger partial charge in [-0.3, -0.25) is 4.79 Å². The third-order valence-corrected chi connectivity index (χ3v) is 2.45. The lowest BCUT2D eigenvalue weighted by Crippen LogP contribution is -2.26. The van der Waals surface area contributed by atoms with E-state index in [9.17, 15) is 9.90 Å². The summed E-state index contributed by atoms with van der Waals surface area (Å²) in [5.41, 5.74) is 1.01. The second kappa shape index (κ2) is 6.12. The minimum Gasteiger partial charge on any atom is -0.508 e. The molecule has 0 bridgehead atoms. The smallest absolute Gasteiger partial charge is 0.221 e. The van der Waals surface area contributed by atoms with Gasteiger partial charge in [0.2, 0.25) is 5.91 Å². The fraction of sp³-hybridized carbons (Fsp3) is 0.417. The molecule has 0 radical (unpaired) electrons. The Bertz CT molecular complexity index is 353. The van der Waals surface area contributed by atoms with E-state index >= 15 is 0 Å². The van der Waals surface area contributed by atoms with Crippen molar-refractivity contribution in [3.05, 3.63) is 29.8 Å². The van der Waals surface area contributed by atoms with Gasteiger partial charge in [0, 0.05) is 26.1 Å². The molecular weight excluding hydrogens is 204 g/mol. The predicted molar refractivity (Wildman–Crippen MR) is 63.2 cm³/mol. The molecule has 0 aliphatic carbocycles. The average molecular weight is 222 g/mol. The lowest BCUT2D eigenvalue weighted by Gasteiger charge is -2.14. The summed E-state index contributed by atoms with van der Waals surface area (Å²) in [5.74, 6) is 0.285. The third-order valence-electron chi connectivity index (χ3n) is 2.45. The number of phenolic OH excluding ortho intramolecular Hbond substituents is 1. The van der Waals surface area contributed by atoms with Crippen molar-refractivity contribution >= 4 is 5.91 Å². The maximum atomic E-state index is 11.0. The van der Waals surface area contributed by atoms with Crippen LogP contribution in [0.15, 0.2) is 24.3 Å². The lowest BCUT2D eigenvalue weighted by atomic mass is 10.1. The molecule has 1 aromatic rings. The summed E-state index contributed by atoms with van der Waals surface area (Å²) in [7, 11) is 1.63. The van der Waals surface area contributed by atoms with Crippen molar-refractivity contribution < 1.29 is 9.90 Å². The molecule has 16 heavy (non-hydrogen) atoms. The van der Waals surface area contributed by atoms with Crippen molar-refractivity contribution in [3.63, 3.8) is 0 Å². The van der Waals surface area contributed by atoms with Crippen molar-refractivity contribution in [3.8, 4) is 5.75 Å². The average Bonchev–Trinajstić information content (AvgIpc) is 2.28. The number of phenols is 1. The van der Waals surface area contributed by atoms with Crippen molar-refractivity contribution in [2.45, 2.75) is 19.4 Å². The number of aromatic hydroxyl groups is 1. The van der Waals surface area contributed by atoms with Gasteiger partial charge in [-0.25, -0.2) is 0 Å². The van der Waals surface area contributed by atoms with Crippen LogP contribution in [0.5, 0.6) is 5.75 Å². The first-order chi connectivity index (χ1) is 7.63. The van der Waals surface area contributed by atoms with E-state index in [0.717, 1.165) is 5.56 Å². The van der Waals surface area contributed by atoms with Crippen molar-refractivity contribution in [2.75, 3.05) is 13.6 Å². The van der Waals surface area contributed by atoms with Crippen LogP contribution in [0.1, 0.15) is 24.9 Å².